The van der Waals surface area contributed by atoms with E-state index >= 15 is 0 Å². The van der Waals surface area contributed by atoms with Crippen molar-refractivity contribution in [2.24, 2.45) is 0 Å². The Kier molecular flexibility index (Phi) is 6.83. The van der Waals surface area contributed by atoms with Crippen LogP contribution in [0.25, 0.3) is 22.7 Å². The number of aromatic nitrogens is 7. The lowest BCUT2D eigenvalue weighted by atomic mass is 10.1. The number of amides is 1. The minimum absolute atomic E-state index is 0.0227. The van der Waals surface area contributed by atoms with E-state index in [-0.39, 0.29) is 24.6 Å². The topological polar surface area (TPSA) is 140 Å². The Morgan fingerprint density at radius 2 is 2.00 bits per heavy atom. The fraction of sp³-hybridized carbons (Fsp3) is 0.276. The summed E-state index contributed by atoms with van der Waals surface area (Å²) in [5.41, 5.74) is 4.83. The fourth-order valence-corrected chi connectivity index (χ4v) is 4.95. The largest absolute Gasteiger partial charge is 0.370 e. The SMILES string of the molecule is Cc1cc(C(=O)N(C)C)c(Nc2ccc3c(c2)ncn3-c2ccc([C@H]3C[C@@H](F)CO3)c(-n3nc(C#N)cc3C)n2)nn1. The maximum Gasteiger partial charge on any atom is 0.257 e. The molecule has 5 aromatic rings. The number of hydrogen-bond acceptors (Lipinski definition) is 9. The van der Waals surface area contributed by atoms with E-state index in [9.17, 15) is 14.4 Å². The first-order chi connectivity index (χ1) is 20.2. The molecule has 42 heavy (non-hydrogen) atoms. The number of fused-ring (bicyclic) bond motifs is 1. The Bertz CT molecular complexity index is 1870. The molecule has 12 nitrogen and oxygen atoms in total. The summed E-state index contributed by atoms with van der Waals surface area (Å²) in [6.45, 7) is 3.63. The van der Waals surface area contributed by atoms with Crippen LogP contribution in [-0.2, 0) is 4.74 Å². The second-order valence-electron chi connectivity index (χ2n) is 10.3. The van der Waals surface area contributed by atoms with Crippen LogP contribution < -0.4 is 5.32 Å². The number of aryl methyl sites for hydroxylation is 2. The first kappa shape index (κ1) is 27.0. The summed E-state index contributed by atoms with van der Waals surface area (Å²) in [5.74, 6) is 1.17. The van der Waals surface area contributed by atoms with Gasteiger partial charge in [-0.25, -0.2) is 19.0 Å². The van der Waals surface area contributed by atoms with Crippen LogP contribution in [0.3, 0.4) is 0 Å². The molecule has 1 aliphatic heterocycles. The molecule has 2 atom stereocenters. The Labute approximate surface area is 240 Å². The first-order valence-corrected chi connectivity index (χ1v) is 13.3. The van der Waals surface area contributed by atoms with E-state index in [1.807, 2.05) is 41.8 Å². The highest BCUT2D eigenvalue weighted by Crippen LogP contribution is 2.34. The van der Waals surface area contributed by atoms with Gasteiger partial charge in [-0.15, -0.1) is 5.10 Å². The number of halogens is 1. The van der Waals surface area contributed by atoms with Crippen molar-refractivity contribution < 1.29 is 13.9 Å². The molecular weight excluding hydrogens is 539 g/mol. The summed E-state index contributed by atoms with van der Waals surface area (Å²) in [6.07, 6.45) is 0.344. The summed E-state index contributed by atoms with van der Waals surface area (Å²) in [6, 6.07) is 14.7. The van der Waals surface area contributed by atoms with Gasteiger partial charge < -0.3 is 15.0 Å². The van der Waals surface area contributed by atoms with Gasteiger partial charge in [0, 0.05) is 37.5 Å². The molecule has 0 unspecified atom stereocenters. The smallest absolute Gasteiger partial charge is 0.257 e. The summed E-state index contributed by atoms with van der Waals surface area (Å²) in [7, 11) is 3.36. The maximum atomic E-state index is 14.0. The molecule has 4 aromatic heterocycles. The van der Waals surface area contributed by atoms with E-state index in [4.69, 9.17) is 9.72 Å². The quantitative estimate of drug-likeness (QED) is 0.321. The molecule has 0 bridgehead atoms. The van der Waals surface area contributed by atoms with Crippen molar-refractivity contribution in [1.29, 1.82) is 5.26 Å². The van der Waals surface area contributed by atoms with Crippen LogP contribution in [-0.4, -0.2) is 72.2 Å². The van der Waals surface area contributed by atoms with E-state index in [0.29, 0.717) is 51.2 Å². The second kappa shape index (κ2) is 10.6. The number of imidazole rings is 1. The van der Waals surface area contributed by atoms with Gasteiger partial charge in [-0.2, -0.15) is 15.5 Å². The number of carbonyl (C=O) groups excluding carboxylic acids is 1. The number of alkyl halides is 1. The number of pyridine rings is 1. The summed E-state index contributed by atoms with van der Waals surface area (Å²) < 4.78 is 23.2. The highest BCUT2D eigenvalue weighted by Gasteiger charge is 2.30. The first-order valence-electron chi connectivity index (χ1n) is 13.3. The molecule has 13 heteroatoms. The minimum Gasteiger partial charge on any atom is -0.370 e. The molecule has 5 heterocycles. The van der Waals surface area contributed by atoms with Crippen molar-refractivity contribution in [3.05, 3.63) is 77.0 Å². The zero-order chi connectivity index (χ0) is 29.5. The molecule has 1 saturated heterocycles. The Morgan fingerprint density at radius 3 is 2.71 bits per heavy atom. The zero-order valence-electron chi connectivity index (χ0n) is 23.4. The van der Waals surface area contributed by atoms with Gasteiger partial charge >= 0.3 is 0 Å². The third-order valence-corrected chi connectivity index (χ3v) is 7.00. The monoisotopic (exact) mass is 566 g/mol. The molecule has 6 rings (SSSR count). The van der Waals surface area contributed by atoms with Crippen LogP contribution >= 0.6 is 0 Å². The third-order valence-electron chi connectivity index (χ3n) is 7.00. The number of rotatable bonds is 6. The highest BCUT2D eigenvalue weighted by atomic mass is 19.1. The minimum atomic E-state index is -1.06. The van der Waals surface area contributed by atoms with Gasteiger partial charge in [0.25, 0.3) is 5.91 Å². The van der Waals surface area contributed by atoms with Crippen molar-refractivity contribution in [2.45, 2.75) is 32.5 Å². The number of nitrogens with zero attached hydrogens (tertiary/aromatic N) is 9. The van der Waals surface area contributed by atoms with Gasteiger partial charge in [-0.1, -0.05) is 0 Å². The van der Waals surface area contributed by atoms with Crippen LogP contribution in [0.1, 0.15) is 45.5 Å². The second-order valence-corrected chi connectivity index (χ2v) is 10.3. The van der Waals surface area contributed by atoms with Gasteiger partial charge in [0.2, 0.25) is 0 Å². The highest BCUT2D eigenvalue weighted by molar-refractivity contribution is 5.99. The number of hydrogen-bond donors (Lipinski definition) is 1. The number of ether oxygens (including phenoxy) is 1. The van der Waals surface area contributed by atoms with Crippen LogP contribution in [0.4, 0.5) is 15.9 Å². The van der Waals surface area contributed by atoms with E-state index in [0.717, 1.165) is 5.52 Å². The molecule has 1 fully saturated rings. The normalized spacial score (nSPS) is 16.5. The Hall–Kier alpha value is -5.22. The molecule has 1 amide bonds. The Morgan fingerprint density at radius 1 is 1.17 bits per heavy atom. The third kappa shape index (κ3) is 4.92. The lowest BCUT2D eigenvalue weighted by molar-refractivity contribution is 0.0828. The molecular formula is C29H27FN10O2. The lowest BCUT2D eigenvalue weighted by Gasteiger charge is -2.17. The number of benzene rings is 1. The number of nitrogens with one attached hydrogen (secondary N) is 1. The molecule has 0 saturated carbocycles. The molecule has 1 aromatic carbocycles. The molecule has 0 aliphatic carbocycles. The van der Waals surface area contributed by atoms with E-state index in [2.05, 4.69) is 31.7 Å². The van der Waals surface area contributed by atoms with Crippen LogP contribution in [0.15, 0.2) is 48.8 Å². The van der Waals surface area contributed by atoms with Gasteiger partial charge in [-0.05, 0) is 56.3 Å². The van der Waals surface area contributed by atoms with Crippen molar-refractivity contribution in [1.82, 2.24) is 39.4 Å². The number of nitriles is 1. The van der Waals surface area contributed by atoms with Crippen molar-refractivity contribution >= 4 is 28.4 Å². The van der Waals surface area contributed by atoms with Crippen LogP contribution in [0, 0.1) is 25.2 Å². The molecule has 1 aliphatic rings. The van der Waals surface area contributed by atoms with Crippen molar-refractivity contribution in [2.75, 3.05) is 26.0 Å². The van der Waals surface area contributed by atoms with Gasteiger partial charge in [0.05, 0.1) is 35.0 Å². The number of anilines is 2. The summed E-state index contributed by atoms with van der Waals surface area (Å²) >= 11 is 0. The van der Waals surface area contributed by atoms with Gasteiger partial charge in [0.1, 0.15) is 24.4 Å². The van der Waals surface area contributed by atoms with E-state index in [1.54, 1.807) is 44.2 Å². The summed E-state index contributed by atoms with van der Waals surface area (Å²) in [5, 5.41) is 25.3. The standard InChI is InChI=1S/C29H27FN10O2/c1-16-9-22(29(41)38(3)4)27(36-35-16)33-19-5-7-24-23(12-19)32-15-39(24)26-8-6-21(25-11-18(30)14-42-25)28(34-26)40-17(2)10-20(13-31)37-40/h5-10,12,15,18,25H,11,14H2,1-4H3,(H,33,36)/t18-,25-/m1/s1. The lowest BCUT2D eigenvalue weighted by Crippen LogP contribution is -2.23. The van der Waals surface area contributed by atoms with Crippen molar-refractivity contribution in [3.8, 4) is 17.7 Å². The molecule has 0 radical (unpaired) electrons. The molecule has 1 N–H and O–H groups in total. The van der Waals surface area contributed by atoms with Crippen LogP contribution in [0.2, 0.25) is 0 Å². The average Bonchev–Trinajstić information content (AvgIpc) is 3.71. The predicted molar refractivity (Wildman–Crippen MR) is 152 cm³/mol. The fourth-order valence-electron chi connectivity index (χ4n) is 4.95. The van der Waals surface area contributed by atoms with E-state index in [1.165, 1.54) is 4.90 Å². The van der Waals surface area contributed by atoms with Crippen molar-refractivity contribution in [3.63, 3.8) is 0 Å². The van der Waals surface area contributed by atoms with Gasteiger partial charge in [-0.3, -0.25) is 9.36 Å². The van der Waals surface area contributed by atoms with Gasteiger partial charge in [0.15, 0.2) is 17.3 Å². The maximum absolute atomic E-state index is 14.0. The molecule has 212 valence electrons. The Balaban J connectivity index is 1.38. The number of carbonyl (C=O) groups is 1. The van der Waals surface area contributed by atoms with E-state index < -0.39 is 12.3 Å². The average molecular weight is 567 g/mol. The zero-order valence-corrected chi connectivity index (χ0v) is 23.4. The summed E-state index contributed by atoms with van der Waals surface area (Å²) in [4.78, 5) is 23.7. The predicted octanol–water partition coefficient (Wildman–Crippen LogP) is 4.13. The molecule has 0 spiro atoms. The van der Waals surface area contributed by atoms with Crippen LogP contribution in [0.5, 0.6) is 0 Å².